The number of anilines is 4. The van der Waals surface area contributed by atoms with E-state index in [0.717, 1.165) is 0 Å². The molecule has 11 heteroatoms. The molecule has 0 aliphatic rings. The van der Waals surface area contributed by atoms with Crippen LogP contribution in [0.25, 0.3) is 0 Å². The van der Waals surface area contributed by atoms with Gasteiger partial charge in [-0.2, -0.15) is 15.0 Å². The SMILES string of the molecule is NCCNc1nc(NCCN)nc(Nc2ccc([N+](=O)[O-])cc2)n1. The predicted molar refractivity (Wildman–Crippen MR) is 91.3 cm³/mol. The summed E-state index contributed by atoms with van der Waals surface area (Å²) in [7, 11) is 0. The summed E-state index contributed by atoms with van der Waals surface area (Å²) in [6.45, 7) is 1.89. The van der Waals surface area contributed by atoms with Gasteiger partial charge in [0.25, 0.3) is 5.69 Å². The van der Waals surface area contributed by atoms with E-state index in [2.05, 4.69) is 30.9 Å². The van der Waals surface area contributed by atoms with Gasteiger partial charge in [0.05, 0.1) is 4.92 Å². The Labute approximate surface area is 138 Å². The van der Waals surface area contributed by atoms with Crippen LogP contribution in [0.1, 0.15) is 0 Å². The zero-order valence-electron chi connectivity index (χ0n) is 12.9. The summed E-state index contributed by atoms with van der Waals surface area (Å²) in [5.74, 6) is 1.01. The second kappa shape index (κ2) is 8.55. The van der Waals surface area contributed by atoms with E-state index in [1.54, 1.807) is 12.1 Å². The summed E-state index contributed by atoms with van der Waals surface area (Å²) in [6, 6.07) is 5.93. The monoisotopic (exact) mass is 333 g/mol. The molecule has 0 atom stereocenters. The fourth-order valence-electron chi connectivity index (χ4n) is 1.75. The highest BCUT2D eigenvalue weighted by Crippen LogP contribution is 2.19. The lowest BCUT2D eigenvalue weighted by Gasteiger charge is -2.10. The van der Waals surface area contributed by atoms with Gasteiger partial charge in [-0.25, -0.2) is 0 Å². The van der Waals surface area contributed by atoms with Crippen LogP contribution in [0.2, 0.25) is 0 Å². The minimum atomic E-state index is -0.462. The third kappa shape index (κ3) is 5.00. The van der Waals surface area contributed by atoms with E-state index in [4.69, 9.17) is 11.5 Å². The molecule has 0 saturated heterocycles. The Kier molecular flexibility index (Phi) is 6.16. The number of aromatic nitrogens is 3. The summed E-state index contributed by atoms with van der Waals surface area (Å²) in [6.07, 6.45) is 0. The highest BCUT2D eigenvalue weighted by molar-refractivity contribution is 5.57. The van der Waals surface area contributed by atoms with Crippen molar-refractivity contribution in [3.63, 3.8) is 0 Å². The van der Waals surface area contributed by atoms with E-state index in [0.29, 0.717) is 43.8 Å². The number of rotatable bonds is 9. The molecule has 0 aliphatic carbocycles. The summed E-state index contributed by atoms with van der Waals surface area (Å²) < 4.78 is 0. The number of nitrogens with zero attached hydrogens (tertiary/aromatic N) is 4. The Bertz CT molecular complexity index is 651. The first-order valence-electron chi connectivity index (χ1n) is 7.28. The van der Waals surface area contributed by atoms with Crippen molar-refractivity contribution in [1.29, 1.82) is 0 Å². The van der Waals surface area contributed by atoms with Crippen molar-refractivity contribution in [3.05, 3.63) is 34.4 Å². The van der Waals surface area contributed by atoms with Gasteiger partial charge in [0.15, 0.2) is 0 Å². The number of hydrogen-bond acceptors (Lipinski definition) is 10. The van der Waals surface area contributed by atoms with Crippen molar-refractivity contribution in [3.8, 4) is 0 Å². The van der Waals surface area contributed by atoms with E-state index in [9.17, 15) is 10.1 Å². The smallest absolute Gasteiger partial charge is 0.269 e. The summed E-state index contributed by atoms with van der Waals surface area (Å²) in [5.41, 5.74) is 11.5. The topological polar surface area (TPSA) is 170 Å². The first-order chi connectivity index (χ1) is 11.6. The van der Waals surface area contributed by atoms with Crippen LogP contribution in [0.15, 0.2) is 24.3 Å². The molecule has 0 bridgehead atoms. The number of hydrogen-bond donors (Lipinski definition) is 5. The van der Waals surface area contributed by atoms with Crippen molar-refractivity contribution in [2.45, 2.75) is 0 Å². The number of benzene rings is 1. The molecule has 7 N–H and O–H groups in total. The lowest BCUT2D eigenvalue weighted by Crippen LogP contribution is -2.18. The quantitative estimate of drug-likeness (QED) is 0.317. The molecule has 1 aromatic carbocycles. The molecule has 0 radical (unpaired) electrons. The number of nitrogens with one attached hydrogen (secondary N) is 3. The second-order valence-corrected chi connectivity index (χ2v) is 4.67. The molecule has 11 nitrogen and oxygen atoms in total. The maximum Gasteiger partial charge on any atom is 0.269 e. The van der Waals surface area contributed by atoms with E-state index in [1.807, 2.05) is 0 Å². The maximum absolute atomic E-state index is 10.7. The average molecular weight is 333 g/mol. The molecular formula is C13H19N9O2. The zero-order chi connectivity index (χ0) is 17.4. The predicted octanol–water partition coefficient (Wildman–Crippen LogP) is 0.265. The van der Waals surface area contributed by atoms with E-state index in [-0.39, 0.29) is 11.6 Å². The van der Waals surface area contributed by atoms with Gasteiger partial charge >= 0.3 is 0 Å². The Morgan fingerprint density at radius 2 is 1.42 bits per heavy atom. The third-order valence-corrected chi connectivity index (χ3v) is 2.82. The molecule has 0 saturated carbocycles. The Balaban J connectivity index is 2.18. The molecule has 0 amide bonds. The lowest BCUT2D eigenvalue weighted by molar-refractivity contribution is -0.384. The first-order valence-corrected chi connectivity index (χ1v) is 7.28. The van der Waals surface area contributed by atoms with Crippen molar-refractivity contribution >= 4 is 29.2 Å². The normalized spacial score (nSPS) is 10.2. The van der Waals surface area contributed by atoms with Gasteiger partial charge in [-0.15, -0.1) is 0 Å². The molecule has 128 valence electrons. The highest BCUT2D eigenvalue weighted by atomic mass is 16.6. The van der Waals surface area contributed by atoms with Gasteiger partial charge < -0.3 is 27.4 Å². The average Bonchev–Trinajstić information content (AvgIpc) is 2.58. The lowest BCUT2D eigenvalue weighted by atomic mass is 10.3. The molecule has 2 rings (SSSR count). The minimum Gasteiger partial charge on any atom is -0.353 e. The van der Waals surface area contributed by atoms with Crippen LogP contribution in [-0.2, 0) is 0 Å². The van der Waals surface area contributed by atoms with Gasteiger partial charge in [0.2, 0.25) is 17.8 Å². The third-order valence-electron chi connectivity index (χ3n) is 2.82. The van der Waals surface area contributed by atoms with Gasteiger partial charge in [-0.3, -0.25) is 10.1 Å². The van der Waals surface area contributed by atoms with Crippen LogP contribution in [0.4, 0.5) is 29.2 Å². The van der Waals surface area contributed by atoms with Crippen LogP contribution in [0.3, 0.4) is 0 Å². The number of non-ortho nitro benzene ring substituents is 1. The van der Waals surface area contributed by atoms with Crippen LogP contribution >= 0.6 is 0 Å². The number of nitrogens with two attached hydrogens (primary N) is 2. The summed E-state index contributed by atoms with van der Waals surface area (Å²) in [4.78, 5) is 22.9. The van der Waals surface area contributed by atoms with Crippen molar-refractivity contribution in [2.75, 3.05) is 42.1 Å². The fraction of sp³-hybridized carbons (Fsp3) is 0.308. The van der Waals surface area contributed by atoms with Crippen LogP contribution in [0.5, 0.6) is 0 Å². The molecule has 0 aliphatic heterocycles. The van der Waals surface area contributed by atoms with Crippen molar-refractivity contribution < 1.29 is 4.92 Å². The molecule has 1 aromatic heterocycles. The zero-order valence-corrected chi connectivity index (χ0v) is 12.9. The fourth-order valence-corrected chi connectivity index (χ4v) is 1.75. The molecular weight excluding hydrogens is 314 g/mol. The standard InChI is InChI=1S/C13H19N9O2/c14-5-7-16-11-19-12(17-8-6-15)21-13(20-11)18-9-1-3-10(4-2-9)22(23)24/h1-4H,5-8,14-15H2,(H3,16,17,18,19,20,21). The molecule has 2 aromatic rings. The molecule has 0 unspecified atom stereocenters. The van der Waals surface area contributed by atoms with Crippen molar-refractivity contribution in [1.82, 2.24) is 15.0 Å². The van der Waals surface area contributed by atoms with E-state index >= 15 is 0 Å². The van der Waals surface area contributed by atoms with Gasteiger partial charge in [-0.05, 0) is 12.1 Å². The molecule has 24 heavy (non-hydrogen) atoms. The molecule has 1 heterocycles. The van der Waals surface area contributed by atoms with Crippen LogP contribution in [0, 0.1) is 10.1 Å². The van der Waals surface area contributed by atoms with Gasteiger partial charge in [0.1, 0.15) is 0 Å². The Morgan fingerprint density at radius 3 is 1.88 bits per heavy atom. The van der Waals surface area contributed by atoms with Gasteiger partial charge in [-0.1, -0.05) is 0 Å². The Morgan fingerprint density at radius 1 is 0.917 bits per heavy atom. The first kappa shape index (κ1) is 17.3. The second-order valence-electron chi connectivity index (χ2n) is 4.67. The van der Waals surface area contributed by atoms with Gasteiger partial charge in [0, 0.05) is 44.0 Å². The summed E-state index contributed by atoms with van der Waals surface area (Å²) in [5, 5.41) is 19.6. The highest BCUT2D eigenvalue weighted by Gasteiger charge is 2.08. The molecule has 0 spiro atoms. The number of nitro benzene ring substituents is 1. The van der Waals surface area contributed by atoms with Crippen LogP contribution < -0.4 is 27.4 Å². The van der Waals surface area contributed by atoms with E-state index < -0.39 is 4.92 Å². The largest absolute Gasteiger partial charge is 0.353 e. The summed E-state index contributed by atoms with van der Waals surface area (Å²) >= 11 is 0. The van der Waals surface area contributed by atoms with Crippen molar-refractivity contribution in [2.24, 2.45) is 11.5 Å². The number of nitro groups is 1. The molecule has 0 fully saturated rings. The minimum absolute atomic E-state index is 0.00630. The Hall–Kier alpha value is -3.05. The maximum atomic E-state index is 10.7. The van der Waals surface area contributed by atoms with E-state index in [1.165, 1.54) is 12.1 Å². The van der Waals surface area contributed by atoms with Crippen LogP contribution in [-0.4, -0.2) is 46.1 Å².